The minimum Gasteiger partial charge on any atom is -0.482 e. The molecule has 132 valence electrons. The van der Waals surface area contributed by atoms with Crippen LogP contribution in [-0.4, -0.2) is 43.0 Å². The van der Waals surface area contributed by atoms with E-state index < -0.39 is 39.3 Å². The number of carbonyl (C=O) groups excluding carboxylic acids is 1. The summed E-state index contributed by atoms with van der Waals surface area (Å²) >= 11 is 0. The summed E-state index contributed by atoms with van der Waals surface area (Å²) in [5, 5.41) is 10.8. The van der Waals surface area contributed by atoms with E-state index >= 15 is 0 Å². The van der Waals surface area contributed by atoms with Crippen LogP contribution < -0.4 is 10.1 Å². The van der Waals surface area contributed by atoms with Crippen molar-refractivity contribution in [2.45, 2.75) is 37.9 Å². The number of nitrogens with one attached hydrogen (secondary N) is 1. The van der Waals surface area contributed by atoms with Gasteiger partial charge in [-0.05, 0) is 43.5 Å². The first-order chi connectivity index (χ1) is 11.3. The molecule has 24 heavy (non-hydrogen) atoms. The normalized spacial score (nSPS) is 15.2. The van der Waals surface area contributed by atoms with Gasteiger partial charge in [-0.3, -0.25) is 4.79 Å². The quantitative estimate of drug-likeness (QED) is 0.771. The molecule has 2 N–H and O–H groups in total. The smallest absolute Gasteiger partial charge is 0.341 e. The summed E-state index contributed by atoms with van der Waals surface area (Å²) in [5.41, 5.74) is 1.13. The molecule has 0 heterocycles. The van der Waals surface area contributed by atoms with E-state index in [1.165, 1.54) is 6.07 Å². The summed E-state index contributed by atoms with van der Waals surface area (Å²) in [4.78, 5) is 22.5. The van der Waals surface area contributed by atoms with Crippen LogP contribution in [0.15, 0.2) is 18.2 Å². The van der Waals surface area contributed by atoms with Gasteiger partial charge in [0, 0.05) is 5.69 Å². The van der Waals surface area contributed by atoms with Crippen LogP contribution in [0.25, 0.3) is 0 Å². The molecule has 0 saturated heterocycles. The van der Waals surface area contributed by atoms with Crippen molar-refractivity contribution in [3.05, 3.63) is 23.8 Å². The number of anilines is 1. The van der Waals surface area contributed by atoms with Crippen molar-refractivity contribution in [2.75, 3.05) is 17.7 Å². The Morgan fingerprint density at radius 2 is 1.96 bits per heavy atom. The first-order valence-corrected chi connectivity index (χ1v) is 9.46. The van der Waals surface area contributed by atoms with Crippen LogP contribution in [-0.2, 0) is 19.4 Å². The molecule has 0 atom stereocenters. The van der Waals surface area contributed by atoms with E-state index in [2.05, 4.69) is 5.32 Å². The summed E-state index contributed by atoms with van der Waals surface area (Å²) in [6, 6.07) is 4.67. The van der Waals surface area contributed by atoms with Crippen LogP contribution >= 0.6 is 0 Å². The number of aliphatic carboxylic acids is 1. The molecule has 8 heteroatoms. The molecule has 0 spiro atoms. The molecule has 1 fully saturated rings. The van der Waals surface area contributed by atoms with Gasteiger partial charge >= 0.3 is 5.97 Å². The molecule has 0 bridgehead atoms. The maximum Gasteiger partial charge on any atom is 0.341 e. The van der Waals surface area contributed by atoms with Crippen molar-refractivity contribution in [2.24, 2.45) is 0 Å². The standard InChI is InChI=1S/C16H21NO6S/c1-11-8-12(23-9-16(19)20)6-7-14(11)17-15(18)10-24(21,22)13-4-2-3-5-13/h6-8,13H,2-5,9-10H2,1H3,(H,17,18)(H,19,20). The van der Waals surface area contributed by atoms with Crippen molar-refractivity contribution in [1.29, 1.82) is 0 Å². The highest BCUT2D eigenvalue weighted by Gasteiger charge is 2.30. The van der Waals surface area contributed by atoms with Gasteiger partial charge in [-0.25, -0.2) is 13.2 Å². The van der Waals surface area contributed by atoms with Crippen LogP contribution in [0.1, 0.15) is 31.2 Å². The fourth-order valence-corrected chi connectivity index (χ4v) is 4.47. The van der Waals surface area contributed by atoms with Crippen LogP contribution in [0.3, 0.4) is 0 Å². The summed E-state index contributed by atoms with van der Waals surface area (Å²) in [5.74, 6) is -1.80. The van der Waals surface area contributed by atoms with Crippen LogP contribution in [0.5, 0.6) is 5.75 Å². The monoisotopic (exact) mass is 355 g/mol. The van der Waals surface area contributed by atoms with Gasteiger partial charge in [0.25, 0.3) is 0 Å². The number of amides is 1. The number of carbonyl (C=O) groups is 2. The van der Waals surface area contributed by atoms with E-state index in [0.29, 0.717) is 29.8 Å². The molecule has 1 amide bonds. The molecule has 1 saturated carbocycles. The van der Waals surface area contributed by atoms with E-state index in [9.17, 15) is 18.0 Å². The summed E-state index contributed by atoms with van der Waals surface area (Å²) in [6.07, 6.45) is 3.04. The molecule has 0 aliphatic heterocycles. The molecule has 1 aliphatic carbocycles. The van der Waals surface area contributed by atoms with Crippen molar-refractivity contribution in [1.82, 2.24) is 0 Å². The highest BCUT2D eigenvalue weighted by Crippen LogP contribution is 2.26. The predicted molar refractivity (Wildman–Crippen MR) is 89.0 cm³/mol. The van der Waals surface area contributed by atoms with Crippen molar-refractivity contribution in [3.8, 4) is 5.75 Å². The molecule has 2 rings (SSSR count). The van der Waals surface area contributed by atoms with E-state index in [1.807, 2.05) is 0 Å². The van der Waals surface area contributed by atoms with Crippen molar-refractivity contribution >= 4 is 27.4 Å². The number of ether oxygens (including phenoxy) is 1. The molecule has 0 aromatic heterocycles. The third-order valence-electron chi connectivity index (χ3n) is 3.98. The first-order valence-electron chi connectivity index (χ1n) is 7.74. The lowest BCUT2D eigenvalue weighted by Gasteiger charge is -2.13. The zero-order valence-corrected chi connectivity index (χ0v) is 14.3. The Bertz CT molecular complexity index is 722. The number of hydrogen-bond acceptors (Lipinski definition) is 5. The van der Waals surface area contributed by atoms with Crippen molar-refractivity contribution < 1.29 is 27.9 Å². The van der Waals surface area contributed by atoms with Gasteiger partial charge in [-0.15, -0.1) is 0 Å². The number of rotatable bonds is 7. The van der Waals surface area contributed by atoms with Crippen LogP contribution in [0, 0.1) is 6.92 Å². The van der Waals surface area contributed by atoms with Gasteiger partial charge in [-0.1, -0.05) is 12.8 Å². The van der Waals surface area contributed by atoms with Crippen molar-refractivity contribution in [3.63, 3.8) is 0 Å². The highest BCUT2D eigenvalue weighted by molar-refractivity contribution is 7.92. The van der Waals surface area contributed by atoms with E-state index in [0.717, 1.165) is 12.8 Å². The Kier molecular flexibility index (Phi) is 5.82. The maximum absolute atomic E-state index is 12.2. The second-order valence-electron chi connectivity index (χ2n) is 5.92. The number of carboxylic acids is 1. The third kappa shape index (κ3) is 4.95. The Balaban J connectivity index is 1.97. The molecule has 1 aliphatic rings. The zero-order chi connectivity index (χ0) is 17.7. The van der Waals surface area contributed by atoms with Gasteiger partial charge < -0.3 is 15.2 Å². The van der Waals surface area contributed by atoms with Gasteiger partial charge in [0.1, 0.15) is 11.5 Å². The van der Waals surface area contributed by atoms with Gasteiger partial charge in [0.2, 0.25) is 5.91 Å². The molecular weight excluding hydrogens is 334 g/mol. The summed E-state index contributed by atoms with van der Waals surface area (Å²) < 4.78 is 29.4. The fraction of sp³-hybridized carbons (Fsp3) is 0.500. The number of sulfone groups is 1. The summed E-state index contributed by atoms with van der Waals surface area (Å²) in [6.45, 7) is 1.26. The Morgan fingerprint density at radius 3 is 2.54 bits per heavy atom. The lowest BCUT2D eigenvalue weighted by Crippen LogP contribution is -2.29. The number of aryl methyl sites for hydroxylation is 1. The molecule has 0 unspecified atom stereocenters. The second-order valence-corrected chi connectivity index (χ2v) is 8.20. The van der Waals surface area contributed by atoms with Gasteiger partial charge in [0.15, 0.2) is 16.4 Å². The molecule has 0 radical (unpaired) electrons. The minimum absolute atomic E-state index is 0.367. The fourth-order valence-electron chi connectivity index (χ4n) is 2.75. The SMILES string of the molecule is Cc1cc(OCC(=O)O)ccc1NC(=O)CS(=O)(=O)C1CCCC1. The summed E-state index contributed by atoms with van der Waals surface area (Å²) in [7, 11) is -3.42. The van der Waals surface area contributed by atoms with Gasteiger partial charge in [0.05, 0.1) is 5.25 Å². The van der Waals surface area contributed by atoms with E-state index in [-0.39, 0.29) is 0 Å². The largest absolute Gasteiger partial charge is 0.482 e. The Morgan fingerprint density at radius 1 is 1.29 bits per heavy atom. The Hall–Kier alpha value is -2.09. The average molecular weight is 355 g/mol. The van der Waals surface area contributed by atoms with E-state index in [4.69, 9.17) is 9.84 Å². The van der Waals surface area contributed by atoms with Gasteiger partial charge in [-0.2, -0.15) is 0 Å². The molecule has 7 nitrogen and oxygen atoms in total. The third-order valence-corrected chi connectivity index (χ3v) is 6.13. The first kappa shape index (κ1) is 18.3. The molecular formula is C16H21NO6S. The lowest BCUT2D eigenvalue weighted by atomic mass is 10.2. The molecule has 1 aromatic carbocycles. The zero-order valence-electron chi connectivity index (χ0n) is 13.4. The topological polar surface area (TPSA) is 110 Å². The molecule has 1 aromatic rings. The number of hydrogen-bond donors (Lipinski definition) is 2. The second kappa shape index (κ2) is 7.65. The van der Waals surface area contributed by atoms with E-state index in [1.54, 1.807) is 19.1 Å². The predicted octanol–water partition coefficient (Wildman–Crippen LogP) is 1.75. The highest BCUT2D eigenvalue weighted by atomic mass is 32.2. The average Bonchev–Trinajstić information content (AvgIpc) is 3.02. The number of benzene rings is 1. The number of carboxylic acid groups (broad SMARTS) is 1. The Labute approximate surface area is 140 Å². The van der Waals surface area contributed by atoms with Crippen LogP contribution in [0.4, 0.5) is 5.69 Å². The lowest BCUT2D eigenvalue weighted by molar-refractivity contribution is -0.139. The van der Waals surface area contributed by atoms with Crippen LogP contribution in [0.2, 0.25) is 0 Å². The maximum atomic E-state index is 12.2. The minimum atomic E-state index is -3.42.